The van der Waals surface area contributed by atoms with Crippen LogP contribution in [0, 0.1) is 0 Å². The van der Waals surface area contributed by atoms with Gasteiger partial charge in [0.25, 0.3) is 5.91 Å². The normalized spacial score (nSPS) is 17.6. The van der Waals surface area contributed by atoms with E-state index >= 15 is 0 Å². The van der Waals surface area contributed by atoms with Crippen LogP contribution in [-0.4, -0.2) is 22.4 Å². The van der Waals surface area contributed by atoms with Gasteiger partial charge in [0.05, 0.1) is 29.7 Å². The summed E-state index contributed by atoms with van der Waals surface area (Å²) < 4.78 is 5.59. The highest BCUT2D eigenvalue weighted by Crippen LogP contribution is 2.25. The molecule has 0 aliphatic carbocycles. The first kappa shape index (κ1) is 13.5. The summed E-state index contributed by atoms with van der Waals surface area (Å²) in [5.74, 6) is 0.182. The lowest BCUT2D eigenvalue weighted by Crippen LogP contribution is -2.14. The van der Waals surface area contributed by atoms with Gasteiger partial charge in [0.15, 0.2) is 0 Å². The van der Waals surface area contributed by atoms with Gasteiger partial charge < -0.3 is 15.8 Å². The molecule has 0 bridgehead atoms. The predicted molar refractivity (Wildman–Crippen MR) is 77.0 cm³/mol. The molecule has 0 saturated carbocycles. The molecule has 3 N–H and O–H groups in total. The third kappa shape index (κ3) is 3.00. The smallest absolute Gasteiger partial charge is 0.252 e. The van der Waals surface area contributed by atoms with Crippen molar-refractivity contribution in [1.82, 2.24) is 15.3 Å². The standard InChI is InChI=1S/C15H16N4O2/c16-15(20)10-4-1-2-6-13(10)21-14-9-18-12(8-19-14)11-5-3-7-17-11/h1-2,4,6,8-9,11,17H,3,5,7H2,(H2,16,20)/t11-/m0/s1. The van der Waals surface area contributed by atoms with Crippen LogP contribution in [0.25, 0.3) is 0 Å². The van der Waals surface area contributed by atoms with Crippen molar-refractivity contribution in [3.63, 3.8) is 0 Å². The van der Waals surface area contributed by atoms with Crippen LogP contribution < -0.4 is 15.8 Å². The number of amides is 1. The van der Waals surface area contributed by atoms with E-state index in [2.05, 4.69) is 15.3 Å². The van der Waals surface area contributed by atoms with Crippen LogP contribution >= 0.6 is 0 Å². The van der Waals surface area contributed by atoms with Crippen molar-refractivity contribution < 1.29 is 9.53 Å². The van der Waals surface area contributed by atoms with Gasteiger partial charge in [-0.1, -0.05) is 12.1 Å². The second kappa shape index (κ2) is 5.88. The molecule has 1 aliphatic heterocycles. The quantitative estimate of drug-likeness (QED) is 0.893. The SMILES string of the molecule is NC(=O)c1ccccc1Oc1cnc([C@@H]2CCCN2)cn1. The van der Waals surface area contributed by atoms with E-state index in [1.807, 2.05) is 0 Å². The van der Waals surface area contributed by atoms with Crippen LogP contribution in [0.15, 0.2) is 36.7 Å². The van der Waals surface area contributed by atoms with E-state index in [0.717, 1.165) is 25.1 Å². The average molecular weight is 284 g/mol. The van der Waals surface area contributed by atoms with Gasteiger partial charge in [-0.15, -0.1) is 0 Å². The number of hydrogen-bond acceptors (Lipinski definition) is 5. The Hall–Kier alpha value is -2.47. The zero-order valence-electron chi connectivity index (χ0n) is 11.5. The highest BCUT2D eigenvalue weighted by molar-refractivity contribution is 5.95. The van der Waals surface area contributed by atoms with Crippen LogP contribution in [0.1, 0.15) is 34.9 Å². The monoisotopic (exact) mass is 284 g/mol. The van der Waals surface area contributed by atoms with Crippen LogP contribution in [-0.2, 0) is 0 Å². The molecule has 2 heterocycles. The summed E-state index contributed by atoms with van der Waals surface area (Å²) in [6.07, 6.45) is 5.48. The molecular weight excluding hydrogens is 268 g/mol. The van der Waals surface area contributed by atoms with Gasteiger partial charge in [-0.05, 0) is 31.5 Å². The summed E-state index contributed by atoms with van der Waals surface area (Å²) >= 11 is 0. The lowest BCUT2D eigenvalue weighted by atomic mass is 10.2. The molecule has 1 atom stereocenters. The second-order valence-corrected chi connectivity index (χ2v) is 4.89. The van der Waals surface area contributed by atoms with Crippen molar-refractivity contribution in [2.75, 3.05) is 6.54 Å². The Morgan fingerprint density at radius 3 is 2.81 bits per heavy atom. The van der Waals surface area contributed by atoms with Crippen LogP contribution in [0.5, 0.6) is 11.6 Å². The number of nitrogens with two attached hydrogens (primary N) is 1. The van der Waals surface area contributed by atoms with Crippen molar-refractivity contribution in [2.24, 2.45) is 5.73 Å². The Morgan fingerprint density at radius 1 is 1.29 bits per heavy atom. The first-order valence-corrected chi connectivity index (χ1v) is 6.86. The molecule has 6 nitrogen and oxygen atoms in total. The Kier molecular flexibility index (Phi) is 3.79. The Bertz CT molecular complexity index is 636. The maximum atomic E-state index is 11.3. The minimum atomic E-state index is -0.537. The predicted octanol–water partition coefficient (Wildman–Crippen LogP) is 1.79. The molecule has 1 aliphatic rings. The fourth-order valence-electron chi connectivity index (χ4n) is 2.37. The molecule has 0 unspecified atom stereocenters. The summed E-state index contributed by atoms with van der Waals surface area (Å²) in [5.41, 5.74) is 6.54. The number of primary amides is 1. The van der Waals surface area contributed by atoms with Gasteiger partial charge in [0, 0.05) is 0 Å². The molecular formula is C15H16N4O2. The fourth-order valence-corrected chi connectivity index (χ4v) is 2.37. The molecule has 21 heavy (non-hydrogen) atoms. The van der Waals surface area contributed by atoms with Gasteiger partial charge in [0.1, 0.15) is 5.75 Å². The van der Waals surface area contributed by atoms with Gasteiger partial charge in [-0.3, -0.25) is 9.78 Å². The lowest BCUT2D eigenvalue weighted by molar-refractivity contribution is 0.0998. The number of aromatic nitrogens is 2. The first-order chi connectivity index (χ1) is 10.2. The Labute approximate surface area is 122 Å². The zero-order chi connectivity index (χ0) is 14.7. The van der Waals surface area contributed by atoms with E-state index in [0.29, 0.717) is 17.2 Å². The van der Waals surface area contributed by atoms with Crippen molar-refractivity contribution in [3.05, 3.63) is 47.9 Å². The van der Waals surface area contributed by atoms with Crippen molar-refractivity contribution in [2.45, 2.75) is 18.9 Å². The number of para-hydroxylation sites is 1. The molecule has 6 heteroatoms. The number of nitrogens with zero attached hydrogens (tertiary/aromatic N) is 2. The van der Waals surface area contributed by atoms with Crippen LogP contribution in [0.3, 0.4) is 0 Å². The number of rotatable bonds is 4. The molecule has 1 saturated heterocycles. The van der Waals surface area contributed by atoms with E-state index < -0.39 is 5.91 Å². The molecule has 0 radical (unpaired) electrons. The third-order valence-corrected chi connectivity index (χ3v) is 3.43. The summed E-state index contributed by atoms with van der Waals surface area (Å²) in [5, 5.41) is 3.36. The Morgan fingerprint density at radius 2 is 2.14 bits per heavy atom. The topological polar surface area (TPSA) is 90.1 Å². The van der Waals surface area contributed by atoms with Crippen molar-refractivity contribution in [3.8, 4) is 11.6 Å². The number of ether oxygens (including phenoxy) is 1. The van der Waals surface area contributed by atoms with Crippen molar-refractivity contribution >= 4 is 5.91 Å². The highest BCUT2D eigenvalue weighted by Gasteiger charge is 2.18. The van der Waals surface area contributed by atoms with E-state index in [4.69, 9.17) is 10.5 Å². The third-order valence-electron chi connectivity index (χ3n) is 3.43. The maximum Gasteiger partial charge on any atom is 0.252 e. The van der Waals surface area contributed by atoms with Gasteiger partial charge in [-0.2, -0.15) is 0 Å². The number of hydrogen-bond donors (Lipinski definition) is 2. The van der Waals surface area contributed by atoms with Crippen LogP contribution in [0.2, 0.25) is 0 Å². The first-order valence-electron chi connectivity index (χ1n) is 6.86. The average Bonchev–Trinajstić information content (AvgIpc) is 3.03. The Balaban J connectivity index is 1.77. The number of benzene rings is 1. The molecule has 0 spiro atoms. The molecule has 3 rings (SSSR count). The highest BCUT2D eigenvalue weighted by atomic mass is 16.5. The zero-order valence-corrected chi connectivity index (χ0v) is 11.5. The molecule has 1 amide bonds. The maximum absolute atomic E-state index is 11.3. The molecule has 2 aromatic rings. The fraction of sp³-hybridized carbons (Fsp3) is 0.267. The second-order valence-electron chi connectivity index (χ2n) is 4.89. The number of carbonyl (C=O) groups excluding carboxylic acids is 1. The summed E-state index contributed by atoms with van der Waals surface area (Å²) in [6.45, 7) is 1.01. The van der Waals surface area contributed by atoms with Gasteiger partial charge in [-0.25, -0.2) is 4.98 Å². The molecule has 1 fully saturated rings. The van der Waals surface area contributed by atoms with Gasteiger partial charge in [0.2, 0.25) is 5.88 Å². The molecule has 1 aromatic heterocycles. The minimum absolute atomic E-state index is 0.268. The minimum Gasteiger partial charge on any atom is -0.437 e. The van der Waals surface area contributed by atoms with E-state index in [-0.39, 0.29) is 6.04 Å². The molecule has 108 valence electrons. The summed E-state index contributed by atoms with van der Waals surface area (Å²) in [4.78, 5) is 19.9. The van der Waals surface area contributed by atoms with E-state index in [1.54, 1.807) is 36.7 Å². The molecule has 1 aromatic carbocycles. The van der Waals surface area contributed by atoms with Gasteiger partial charge >= 0.3 is 0 Å². The summed E-state index contributed by atoms with van der Waals surface area (Å²) in [7, 11) is 0. The van der Waals surface area contributed by atoms with E-state index in [1.165, 1.54) is 0 Å². The van der Waals surface area contributed by atoms with E-state index in [9.17, 15) is 4.79 Å². The van der Waals surface area contributed by atoms with Crippen LogP contribution in [0.4, 0.5) is 0 Å². The number of nitrogens with one attached hydrogen (secondary N) is 1. The summed E-state index contributed by atoms with van der Waals surface area (Å²) in [6, 6.07) is 7.06. The number of carbonyl (C=O) groups is 1. The largest absolute Gasteiger partial charge is 0.437 e. The van der Waals surface area contributed by atoms with Crippen molar-refractivity contribution in [1.29, 1.82) is 0 Å². The lowest BCUT2D eigenvalue weighted by Gasteiger charge is -2.11.